The van der Waals surface area contributed by atoms with Gasteiger partial charge in [-0.05, 0) is 19.9 Å². The summed E-state index contributed by atoms with van der Waals surface area (Å²) in [4.78, 5) is 40.9. The van der Waals surface area contributed by atoms with Gasteiger partial charge in [0.05, 0.1) is 35.0 Å². The standard InChI is InChI=1S/C32H36N2O9/c1-12-8-20(13(12)2)43-31-17-10-32(40,15(4)35)11-21(42-22-9-19(34)27(36)14(3)41-22)24(17)30(39)25-26(31)28(37)16-6-5-7-18(33)23(16)29(25)38/h5-7,13-14,19-22,27,36,39-40H,1,8-11,33-34H2,2-4H3/t13-,14+,19?,20?,21+,22?,27-,32+/m1/s1. The van der Waals surface area contributed by atoms with Crippen LogP contribution >= 0.6 is 0 Å². The quantitative estimate of drug-likeness (QED) is 0.216. The number of ketones is 3. The fourth-order valence-corrected chi connectivity index (χ4v) is 6.68. The van der Waals surface area contributed by atoms with Gasteiger partial charge in [0, 0.05) is 60.0 Å². The molecule has 2 aromatic rings. The summed E-state index contributed by atoms with van der Waals surface area (Å²) in [5, 5.41) is 33.7. The molecule has 3 aliphatic carbocycles. The van der Waals surface area contributed by atoms with Gasteiger partial charge in [-0.2, -0.15) is 0 Å². The molecule has 8 atom stereocenters. The third kappa shape index (κ3) is 4.49. The number of nitrogen functional groups attached to an aromatic ring is 1. The van der Waals surface area contributed by atoms with Crippen LogP contribution in [0.15, 0.2) is 30.4 Å². The molecular formula is C32H36N2O9. The highest BCUT2D eigenvalue weighted by atomic mass is 16.7. The molecule has 228 valence electrons. The lowest BCUT2D eigenvalue weighted by Gasteiger charge is -2.43. The normalized spacial score (nSPS) is 33.3. The molecule has 43 heavy (non-hydrogen) atoms. The van der Waals surface area contributed by atoms with Gasteiger partial charge in [-0.25, -0.2) is 0 Å². The molecule has 11 nitrogen and oxygen atoms in total. The second kappa shape index (κ2) is 10.2. The molecular weight excluding hydrogens is 556 g/mol. The molecule has 1 aliphatic heterocycles. The van der Waals surface area contributed by atoms with Gasteiger partial charge in [0.1, 0.15) is 23.2 Å². The molecule has 7 N–H and O–H groups in total. The first-order valence-electron chi connectivity index (χ1n) is 14.4. The summed E-state index contributed by atoms with van der Waals surface area (Å²) in [5.41, 5.74) is 11.3. The van der Waals surface area contributed by atoms with Crippen molar-refractivity contribution in [1.29, 1.82) is 0 Å². The number of phenols is 1. The summed E-state index contributed by atoms with van der Waals surface area (Å²) in [6.45, 7) is 8.84. The Labute approximate surface area is 248 Å². The number of aromatic hydroxyl groups is 1. The molecule has 0 radical (unpaired) electrons. The van der Waals surface area contributed by atoms with E-state index < -0.39 is 65.4 Å². The van der Waals surface area contributed by atoms with Crippen LogP contribution in [0.3, 0.4) is 0 Å². The zero-order chi connectivity index (χ0) is 31.1. The van der Waals surface area contributed by atoms with Crippen LogP contribution in [0.5, 0.6) is 11.5 Å². The van der Waals surface area contributed by atoms with Crippen LogP contribution in [0, 0.1) is 5.92 Å². The molecule has 2 aromatic carbocycles. The maximum absolute atomic E-state index is 14.1. The number of carbonyl (C=O) groups excluding carboxylic acids is 3. The molecule has 2 fully saturated rings. The molecule has 0 spiro atoms. The monoisotopic (exact) mass is 592 g/mol. The Morgan fingerprint density at radius 2 is 1.88 bits per heavy atom. The molecule has 6 rings (SSSR count). The van der Waals surface area contributed by atoms with E-state index in [4.69, 9.17) is 25.7 Å². The number of aliphatic hydroxyl groups is 2. The number of carbonyl (C=O) groups is 3. The first-order chi connectivity index (χ1) is 20.2. The Bertz CT molecular complexity index is 1570. The predicted molar refractivity (Wildman–Crippen MR) is 154 cm³/mol. The Hall–Kier alpha value is -3.61. The second-order valence-corrected chi connectivity index (χ2v) is 12.3. The Morgan fingerprint density at radius 3 is 2.51 bits per heavy atom. The highest BCUT2D eigenvalue weighted by Gasteiger charge is 2.50. The van der Waals surface area contributed by atoms with Crippen molar-refractivity contribution in [3.8, 4) is 11.5 Å². The van der Waals surface area contributed by atoms with Crippen LogP contribution < -0.4 is 16.2 Å². The maximum atomic E-state index is 14.1. The highest BCUT2D eigenvalue weighted by Crippen LogP contribution is 2.53. The number of Topliss-reactive ketones (excluding diaryl/α,β-unsaturated/α-hetero) is 1. The lowest BCUT2D eigenvalue weighted by molar-refractivity contribution is -0.247. The minimum atomic E-state index is -1.95. The van der Waals surface area contributed by atoms with Crippen molar-refractivity contribution >= 4 is 23.0 Å². The first-order valence-corrected chi connectivity index (χ1v) is 14.4. The van der Waals surface area contributed by atoms with Crippen molar-refractivity contribution in [1.82, 2.24) is 0 Å². The molecule has 3 unspecified atom stereocenters. The van der Waals surface area contributed by atoms with E-state index in [0.717, 1.165) is 5.57 Å². The number of benzene rings is 2. The van der Waals surface area contributed by atoms with Crippen LogP contribution in [0.2, 0.25) is 0 Å². The van der Waals surface area contributed by atoms with Crippen LogP contribution in [-0.2, 0) is 20.7 Å². The predicted octanol–water partition coefficient (Wildman–Crippen LogP) is 2.24. The lowest BCUT2D eigenvalue weighted by atomic mass is 9.71. The smallest absolute Gasteiger partial charge is 0.200 e. The summed E-state index contributed by atoms with van der Waals surface area (Å²) in [7, 11) is 0. The Kier molecular flexibility index (Phi) is 7.02. The van der Waals surface area contributed by atoms with E-state index in [9.17, 15) is 29.7 Å². The van der Waals surface area contributed by atoms with Gasteiger partial charge in [0.15, 0.2) is 23.6 Å². The minimum Gasteiger partial charge on any atom is -0.507 e. The van der Waals surface area contributed by atoms with E-state index in [-0.39, 0.29) is 70.0 Å². The Balaban J connectivity index is 1.57. The third-order valence-electron chi connectivity index (χ3n) is 9.56. The number of rotatable bonds is 5. The number of hydrogen-bond donors (Lipinski definition) is 5. The van der Waals surface area contributed by atoms with Crippen molar-refractivity contribution in [2.75, 3.05) is 5.73 Å². The van der Waals surface area contributed by atoms with Crippen LogP contribution in [0.25, 0.3) is 0 Å². The fourth-order valence-electron chi connectivity index (χ4n) is 6.68. The van der Waals surface area contributed by atoms with Gasteiger partial charge in [0.2, 0.25) is 0 Å². The van der Waals surface area contributed by atoms with Gasteiger partial charge < -0.3 is 41.0 Å². The van der Waals surface area contributed by atoms with Gasteiger partial charge >= 0.3 is 0 Å². The summed E-state index contributed by atoms with van der Waals surface area (Å²) in [6, 6.07) is 3.87. The van der Waals surface area contributed by atoms with E-state index >= 15 is 0 Å². The average molecular weight is 593 g/mol. The van der Waals surface area contributed by atoms with Gasteiger partial charge in [-0.15, -0.1) is 0 Å². The van der Waals surface area contributed by atoms with Gasteiger partial charge in [-0.3, -0.25) is 14.4 Å². The zero-order valence-corrected chi connectivity index (χ0v) is 24.3. The average Bonchev–Trinajstić information content (AvgIpc) is 2.94. The van der Waals surface area contributed by atoms with E-state index in [2.05, 4.69) is 6.58 Å². The number of fused-ring (bicyclic) bond motifs is 3. The van der Waals surface area contributed by atoms with Crippen molar-refractivity contribution in [2.45, 2.75) is 88.8 Å². The van der Waals surface area contributed by atoms with Gasteiger partial charge in [0.25, 0.3) is 0 Å². The first kappa shape index (κ1) is 29.5. The maximum Gasteiger partial charge on any atom is 0.200 e. The molecule has 1 saturated heterocycles. The highest BCUT2D eigenvalue weighted by molar-refractivity contribution is 6.32. The molecule has 1 saturated carbocycles. The van der Waals surface area contributed by atoms with Crippen LogP contribution in [0.4, 0.5) is 5.69 Å². The van der Waals surface area contributed by atoms with E-state index in [0.29, 0.717) is 6.42 Å². The van der Waals surface area contributed by atoms with Gasteiger partial charge in [-0.1, -0.05) is 31.2 Å². The summed E-state index contributed by atoms with van der Waals surface area (Å²) < 4.78 is 18.6. The van der Waals surface area contributed by atoms with Crippen molar-refractivity contribution in [3.05, 3.63) is 63.7 Å². The molecule has 4 aliphatic rings. The zero-order valence-electron chi connectivity index (χ0n) is 24.3. The largest absolute Gasteiger partial charge is 0.507 e. The minimum absolute atomic E-state index is 0.0107. The van der Waals surface area contributed by atoms with E-state index in [1.807, 2.05) is 6.92 Å². The number of phenolic OH excluding ortho intramolecular Hbond substituents is 1. The topological polar surface area (TPSA) is 192 Å². The van der Waals surface area contributed by atoms with Crippen molar-refractivity contribution in [2.24, 2.45) is 11.7 Å². The fraction of sp³-hybridized carbons (Fsp3) is 0.469. The van der Waals surface area contributed by atoms with E-state index in [1.165, 1.54) is 19.1 Å². The number of nitrogens with two attached hydrogens (primary N) is 2. The number of hydrogen-bond acceptors (Lipinski definition) is 11. The summed E-state index contributed by atoms with van der Waals surface area (Å²) in [5.74, 6) is -2.35. The molecule has 1 heterocycles. The lowest BCUT2D eigenvalue weighted by Crippen LogP contribution is -2.52. The molecule has 11 heteroatoms. The SMILES string of the molecule is C=C1CC(Oc2c3c(c(O)c4c2C(=O)c2cccc(N)c2C4=O)[C@@H](OC2CC(N)[C@H](O)[C@H](C)O2)C[C@](O)(C(C)=O)C3)[C@@H]1C. The van der Waals surface area contributed by atoms with E-state index in [1.54, 1.807) is 13.0 Å². The number of anilines is 1. The van der Waals surface area contributed by atoms with Crippen LogP contribution in [-0.4, -0.2) is 68.9 Å². The Morgan fingerprint density at radius 1 is 1.16 bits per heavy atom. The van der Waals surface area contributed by atoms with Crippen LogP contribution in [0.1, 0.15) is 89.1 Å². The summed E-state index contributed by atoms with van der Waals surface area (Å²) >= 11 is 0. The molecule has 0 bridgehead atoms. The number of ether oxygens (including phenoxy) is 3. The van der Waals surface area contributed by atoms with Crippen molar-refractivity contribution in [3.63, 3.8) is 0 Å². The molecule has 0 aromatic heterocycles. The third-order valence-corrected chi connectivity index (χ3v) is 9.56. The second-order valence-electron chi connectivity index (χ2n) is 12.3. The van der Waals surface area contributed by atoms with Crippen molar-refractivity contribution < 1.29 is 43.9 Å². The molecule has 0 amide bonds. The number of aliphatic hydroxyl groups excluding tert-OH is 1. The summed E-state index contributed by atoms with van der Waals surface area (Å²) in [6.07, 6.45) is -4.11.